The van der Waals surface area contributed by atoms with Crippen LogP contribution in [0.4, 0.5) is 0 Å². The summed E-state index contributed by atoms with van der Waals surface area (Å²) in [4.78, 5) is 15.5. The molecule has 4 aliphatic rings. The number of likely N-dealkylation sites (N-methyl/N-ethyl adjacent to an activating group) is 1. The second kappa shape index (κ2) is 6.97. The van der Waals surface area contributed by atoms with Crippen LogP contribution in [-0.2, 0) is 4.74 Å². The maximum absolute atomic E-state index is 10.7. The number of fused-ring (bicyclic) bond motifs is 1. The Morgan fingerprint density at radius 1 is 1.37 bits per heavy atom. The summed E-state index contributed by atoms with van der Waals surface area (Å²) < 4.78 is 6.38. The van der Waals surface area contributed by atoms with Crippen LogP contribution in [0.15, 0.2) is 15.0 Å². The van der Waals surface area contributed by atoms with Crippen LogP contribution < -0.4 is 11.1 Å². The zero-order valence-corrected chi connectivity index (χ0v) is 17.2. The Kier molecular flexibility index (Phi) is 5.06. The summed E-state index contributed by atoms with van der Waals surface area (Å²) in [5.41, 5.74) is 6.39. The summed E-state index contributed by atoms with van der Waals surface area (Å²) in [5, 5.41) is 33.4. The molecule has 1 saturated carbocycles. The molecule has 0 aromatic carbocycles. The smallest absolute Gasteiger partial charge is 0.230 e. The van der Waals surface area contributed by atoms with Crippen LogP contribution in [0.2, 0.25) is 0 Å². The van der Waals surface area contributed by atoms with E-state index in [1.807, 2.05) is 22.6 Å². The fourth-order valence-electron chi connectivity index (χ4n) is 4.57. The second-order valence-corrected chi connectivity index (χ2v) is 8.38. The number of nitrogens with zero attached hydrogens (tertiary/aromatic N) is 4. The van der Waals surface area contributed by atoms with Gasteiger partial charge in [0.05, 0.1) is 6.61 Å². The van der Waals surface area contributed by atoms with Gasteiger partial charge in [-0.3, -0.25) is 15.2 Å². The highest BCUT2D eigenvalue weighted by Gasteiger charge is 2.61. The number of hydrogen-bond acceptors (Lipinski definition) is 10. The van der Waals surface area contributed by atoms with Gasteiger partial charge < -0.3 is 25.8 Å². The van der Waals surface area contributed by atoms with Gasteiger partial charge in [-0.05, 0) is 19.9 Å². The van der Waals surface area contributed by atoms with E-state index in [1.165, 1.54) is 0 Å². The van der Waals surface area contributed by atoms with Crippen LogP contribution in [-0.4, -0.2) is 85.8 Å². The number of rotatable bonds is 4. The molecule has 0 spiro atoms. The molecule has 5 atom stereocenters. The predicted molar refractivity (Wildman–Crippen MR) is 108 cm³/mol. The summed E-state index contributed by atoms with van der Waals surface area (Å²) in [6.07, 6.45) is 0.715. The molecule has 3 heterocycles. The van der Waals surface area contributed by atoms with Crippen molar-refractivity contribution in [3.05, 3.63) is 0 Å². The third-order valence-corrected chi connectivity index (χ3v) is 6.53. The Labute approximate surface area is 170 Å². The Balaban J connectivity index is 1.71. The molecule has 2 fully saturated rings. The monoisotopic (exact) mass is 492 g/mol. The van der Waals surface area contributed by atoms with Gasteiger partial charge in [-0.25, -0.2) is 9.98 Å². The third kappa shape index (κ3) is 2.78. The molecule has 4 rings (SSSR count). The quantitative estimate of drug-likeness (QED) is 0.243. The topological polar surface area (TPSA) is 148 Å². The van der Waals surface area contributed by atoms with Crippen LogP contribution >= 0.6 is 22.6 Å². The van der Waals surface area contributed by atoms with Gasteiger partial charge >= 0.3 is 0 Å². The normalized spacial score (nSPS) is 42.2. The van der Waals surface area contributed by atoms with Crippen LogP contribution in [0.3, 0.4) is 0 Å². The third-order valence-electron chi connectivity index (χ3n) is 6.05. The van der Waals surface area contributed by atoms with Crippen molar-refractivity contribution in [3.8, 4) is 0 Å². The molecule has 1 saturated heterocycles. The standard InChI is InChI=1S/C16H25IN6O4/c1-19-16(12(26)10(25)9(6-24)27-16)23-7-20-11-13(23)21-14(17)22-15(11,18)8-4-2-3-5-8/h8-10,12,19,24-26H,2-7,18H2,1H3/t9-,10-,12-,15?,16+/m1/s1. The molecule has 1 aliphatic carbocycles. The number of halogens is 1. The van der Waals surface area contributed by atoms with Crippen molar-refractivity contribution in [2.24, 2.45) is 26.6 Å². The van der Waals surface area contributed by atoms with E-state index in [-0.39, 0.29) is 12.6 Å². The van der Waals surface area contributed by atoms with E-state index in [1.54, 1.807) is 11.9 Å². The van der Waals surface area contributed by atoms with E-state index in [0.29, 0.717) is 15.4 Å². The molecule has 10 nitrogen and oxygen atoms in total. The van der Waals surface area contributed by atoms with Gasteiger partial charge in [0.25, 0.3) is 0 Å². The van der Waals surface area contributed by atoms with E-state index < -0.39 is 36.4 Å². The summed E-state index contributed by atoms with van der Waals surface area (Å²) in [7, 11) is 1.61. The largest absolute Gasteiger partial charge is 0.394 e. The van der Waals surface area contributed by atoms with E-state index in [0.717, 1.165) is 25.7 Å². The molecule has 11 heteroatoms. The van der Waals surface area contributed by atoms with Gasteiger partial charge in [-0.15, -0.1) is 0 Å². The van der Waals surface area contributed by atoms with Crippen LogP contribution in [0.25, 0.3) is 0 Å². The minimum absolute atomic E-state index is 0.155. The van der Waals surface area contributed by atoms with E-state index >= 15 is 0 Å². The molecular formula is C16H25IN6O4. The van der Waals surface area contributed by atoms with Crippen LogP contribution in [0.5, 0.6) is 0 Å². The summed E-state index contributed by atoms with van der Waals surface area (Å²) in [5.74, 6) is -0.799. The highest BCUT2D eigenvalue weighted by Crippen LogP contribution is 2.41. The predicted octanol–water partition coefficient (Wildman–Crippen LogP) is -1.27. The molecule has 27 heavy (non-hydrogen) atoms. The molecule has 3 aliphatic heterocycles. The van der Waals surface area contributed by atoms with Gasteiger partial charge in [0, 0.05) is 28.5 Å². The SMILES string of the molecule is CN[C@@]1(N2CN=C3C2=NC(I)=NC3(N)C2CCCC2)O[C@H](CO)[C@@H](O)[C@H]1O. The number of aliphatic hydroxyl groups excluding tert-OH is 3. The lowest BCUT2D eigenvalue weighted by atomic mass is 9.86. The molecule has 1 unspecified atom stereocenters. The number of nitrogens with two attached hydrogens (primary N) is 1. The summed E-state index contributed by atoms with van der Waals surface area (Å²) in [6.45, 7) is -0.264. The van der Waals surface area contributed by atoms with E-state index in [4.69, 9.17) is 10.5 Å². The maximum atomic E-state index is 10.7. The molecule has 0 bridgehead atoms. The zero-order chi connectivity index (χ0) is 19.4. The van der Waals surface area contributed by atoms with Gasteiger partial charge in [-0.2, -0.15) is 0 Å². The first-order valence-electron chi connectivity index (χ1n) is 9.17. The van der Waals surface area contributed by atoms with Crippen molar-refractivity contribution in [1.82, 2.24) is 10.2 Å². The van der Waals surface area contributed by atoms with Gasteiger partial charge in [0.15, 0.2) is 15.3 Å². The Bertz CT molecular complexity index is 711. The average Bonchev–Trinajstić information content (AvgIpc) is 3.36. The van der Waals surface area contributed by atoms with Crippen molar-refractivity contribution in [3.63, 3.8) is 0 Å². The van der Waals surface area contributed by atoms with Crippen molar-refractivity contribution in [2.75, 3.05) is 20.3 Å². The highest BCUT2D eigenvalue weighted by atomic mass is 127. The number of hydrogen-bond donors (Lipinski definition) is 5. The second-order valence-electron chi connectivity index (χ2n) is 7.42. The van der Waals surface area contributed by atoms with Crippen molar-refractivity contribution >= 4 is 38.0 Å². The van der Waals surface area contributed by atoms with E-state index in [2.05, 4.69) is 20.3 Å². The Morgan fingerprint density at radius 3 is 2.67 bits per heavy atom. The fourth-order valence-corrected chi connectivity index (χ4v) is 5.20. The zero-order valence-electron chi connectivity index (χ0n) is 15.0. The molecule has 0 amide bonds. The summed E-state index contributed by atoms with van der Waals surface area (Å²) >= 11 is 2.04. The average molecular weight is 492 g/mol. The summed E-state index contributed by atoms with van der Waals surface area (Å²) in [6, 6.07) is 0. The fraction of sp³-hybridized carbons (Fsp3) is 0.812. The first-order chi connectivity index (χ1) is 12.9. The van der Waals surface area contributed by atoms with E-state index in [9.17, 15) is 15.3 Å². The first kappa shape index (κ1) is 19.6. The highest BCUT2D eigenvalue weighted by molar-refractivity contribution is 14.1. The Hall–Kier alpha value is -0.700. The van der Waals surface area contributed by atoms with Crippen LogP contribution in [0.1, 0.15) is 25.7 Å². The number of ether oxygens (including phenoxy) is 1. The number of nitrogens with one attached hydrogen (secondary N) is 1. The molecule has 0 aromatic rings. The van der Waals surface area contributed by atoms with Gasteiger partial charge in [0.1, 0.15) is 30.7 Å². The first-order valence-corrected chi connectivity index (χ1v) is 10.2. The minimum Gasteiger partial charge on any atom is -0.394 e. The van der Waals surface area contributed by atoms with Crippen molar-refractivity contribution < 1.29 is 20.1 Å². The molecular weight excluding hydrogens is 467 g/mol. The number of amidine groups is 2. The Morgan fingerprint density at radius 2 is 2.07 bits per heavy atom. The lowest BCUT2D eigenvalue weighted by molar-refractivity contribution is -0.177. The minimum atomic E-state index is -1.47. The molecule has 0 aromatic heterocycles. The number of aliphatic hydroxyl groups is 3. The van der Waals surface area contributed by atoms with Gasteiger partial charge in [0.2, 0.25) is 5.85 Å². The molecule has 6 N–H and O–H groups in total. The van der Waals surface area contributed by atoms with Gasteiger partial charge in [-0.1, -0.05) is 12.8 Å². The van der Waals surface area contributed by atoms with Crippen LogP contribution in [0, 0.1) is 5.92 Å². The van der Waals surface area contributed by atoms with Crippen molar-refractivity contribution in [2.45, 2.75) is 55.5 Å². The van der Waals surface area contributed by atoms with Crippen molar-refractivity contribution in [1.29, 1.82) is 0 Å². The lowest BCUT2D eigenvalue weighted by Gasteiger charge is -2.42. The lowest BCUT2D eigenvalue weighted by Crippen LogP contribution is -2.68. The number of aliphatic imine (C=N–C) groups is 3. The maximum Gasteiger partial charge on any atom is 0.230 e. The molecule has 0 radical (unpaired) electrons. The molecule has 150 valence electrons.